The third kappa shape index (κ3) is 73.9. The van der Waals surface area contributed by atoms with Gasteiger partial charge in [-0.1, -0.05) is 0 Å². The van der Waals surface area contributed by atoms with Crippen molar-refractivity contribution in [1.82, 2.24) is 20.9 Å². The molecule has 0 aromatic carbocycles. The van der Waals surface area contributed by atoms with Gasteiger partial charge in [0.25, 0.3) is 0 Å². The summed E-state index contributed by atoms with van der Waals surface area (Å²) in [6.07, 6.45) is 2.43. The number of nitrogens with zero attached hydrogens (tertiary/aromatic N) is 1. The van der Waals surface area contributed by atoms with Crippen molar-refractivity contribution in [2.45, 2.75) is 37.4 Å². The molecule has 37 heteroatoms. The molecule has 1 aliphatic rings. The lowest BCUT2D eigenvalue weighted by Gasteiger charge is -2.14. The average molecular weight is 1530 g/mol. The van der Waals surface area contributed by atoms with Crippen LogP contribution in [0, 0.1) is 0 Å². The van der Waals surface area contributed by atoms with Gasteiger partial charge in [0, 0.05) is 51.9 Å². The van der Waals surface area contributed by atoms with Crippen LogP contribution in [0.5, 0.6) is 0 Å². The molecular formula is C67H126N4O32S. The van der Waals surface area contributed by atoms with Crippen LogP contribution in [0.3, 0.4) is 0 Å². The summed E-state index contributed by atoms with van der Waals surface area (Å²) in [5.74, 6) is -1.89. The van der Waals surface area contributed by atoms with E-state index in [0.29, 0.717) is 324 Å². The number of carbonyl (C=O) groups excluding carboxylic acids is 5. The zero-order chi connectivity index (χ0) is 74.8. The maximum absolute atomic E-state index is 12.1. The van der Waals surface area contributed by atoms with Crippen LogP contribution in [0.1, 0.15) is 32.1 Å². The molecule has 0 bridgehead atoms. The van der Waals surface area contributed by atoms with Gasteiger partial charge in [-0.3, -0.25) is 33.7 Å². The molecule has 0 radical (unpaired) electrons. The summed E-state index contributed by atoms with van der Waals surface area (Å²) in [5.41, 5.74) is 0. The molecule has 1 heterocycles. The van der Waals surface area contributed by atoms with Crippen LogP contribution in [0.4, 0.5) is 0 Å². The Balaban J connectivity index is 1.64. The topological polar surface area (TPSA) is 393 Å². The van der Waals surface area contributed by atoms with Crippen LogP contribution in [-0.4, -0.2) is 414 Å². The van der Waals surface area contributed by atoms with E-state index >= 15 is 0 Å². The van der Waals surface area contributed by atoms with E-state index in [1.807, 2.05) is 0 Å². The Hall–Kier alpha value is -3.63. The predicted octanol–water partition coefficient (Wildman–Crippen LogP) is -1.11. The Morgan fingerprint density at radius 3 is 0.654 bits per heavy atom. The number of ether oxygens (including phenoxy) is 25. The monoisotopic (exact) mass is 1530 g/mol. The lowest BCUT2D eigenvalue weighted by atomic mass is 10.3. The highest BCUT2D eigenvalue weighted by Crippen LogP contribution is 2.23. The third-order valence-electron chi connectivity index (χ3n) is 13.3. The Morgan fingerprint density at radius 2 is 0.462 bits per heavy atom. The van der Waals surface area contributed by atoms with Crippen LogP contribution < -0.4 is 16.0 Å². The number of amides is 5. The maximum Gasteiger partial charge on any atom is 0.305 e. The molecule has 612 valence electrons. The first-order valence-electron chi connectivity index (χ1n) is 36.1. The summed E-state index contributed by atoms with van der Waals surface area (Å²) >= 11 is 1.35. The van der Waals surface area contributed by atoms with Crippen molar-refractivity contribution in [3.8, 4) is 0 Å². The Bertz CT molecular complexity index is 1920. The summed E-state index contributed by atoms with van der Waals surface area (Å²) in [4.78, 5) is 71.8. The molecule has 4 N–H and O–H groups in total. The van der Waals surface area contributed by atoms with E-state index < -0.39 is 5.97 Å². The molecule has 104 heavy (non-hydrogen) atoms. The van der Waals surface area contributed by atoms with Crippen molar-refractivity contribution in [3.63, 3.8) is 0 Å². The first-order chi connectivity index (χ1) is 51.2. The zero-order valence-corrected chi connectivity index (χ0v) is 62.6. The maximum atomic E-state index is 12.1. The van der Waals surface area contributed by atoms with Crippen LogP contribution in [0.25, 0.3) is 0 Å². The second-order valence-electron chi connectivity index (χ2n) is 21.6. The highest BCUT2D eigenvalue weighted by molar-refractivity contribution is 8.00. The van der Waals surface area contributed by atoms with Crippen molar-refractivity contribution in [3.05, 3.63) is 0 Å². The quantitative estimate of drug-likeness (QED) is 0.0414. The largest absolute Gasteiger partial charge is 0.481 e. The van der Waals surface area contributed by atoms with Gasteiger partial charge in [-0.15, -0.1) is 0 Å². The van der Waals surface area contributed by atoms with E-state index in [1.165, 1.54) is 11.8 Å². The summed E-state index contributed by atoms with van der Waals surface area (Å²) in [5, 5.41) is 16.4. The minimum Gasteiger partial charge on any atom is -0.481 e. The summed E-state index contributed by atoms with van der Waals surface area (Å²) in [6.45, 7) is 21.8. The number of hydrogen-bond acceptors (Lipinski definition) is 32. The average Bonchev–Trinajstić information content (AvgIpc) is 1.70. The molecule has 0 aromatic heterocycles. The molecule has 1 unspecified atom stereocenters. The van der Waals surface area contributed by atoms with Crippen LogP contribution in [-0.2, 0) is 147 Å². The molecular weight excluding hydrogens is 1400 g/mol. The molecule has 36 nitrogen and oxygen atoms in total. The Kier molecular flexibility index (Phi) is 77.5. The van der Waals surface area contributed by atoms with Gasteiger partial charge in [0.2, 0.25) is 29.5 Å². The number of imide groups is 1. The molecule has 0 saturated carbocycles. The highest BCUT2D eigenvalue weighted by Gasteiger charge is 2.37. The molecule has 1 aliphatic heterocycles. The van der Waals surface area contributed by atoms with E-state index in [4.69, 9.17) is 124 Å². The lowest BCUT2D eigenvalue weighted by Crippen LogP contribution is -2.36. The summed E-state index contributed by atoms with van der Waals surface area (Å²) in [6, 6.07) is 0. The fourth-order valence-corrected chi connectivity index (χ4v) is 8.61. The normalized spacial score (nSPS) is 13.1. The molecule has 1 saturated heterocycles. The predicted molar refractivity (Wildman–Crippen MR) is 374 cm³/mol. The van der Waals surface area contributed by atoms with Crippen molar-refractivity contribution in [2.24, 2.45) is 0 Å². The molecule has 0 aromatic rings. The van der Waals surface area contributed by atoms with Crippen molar-refractivity contribution >= 4 is 47.3 Å². The summed E-state index contributed by atoms with van der Waals surface area (Å²) < 4.78 is 137. The number of carbonyl (C=O) groups is 6. The molecule has 0 spiro atoms. The van der Waals surface area contributed by atoms with Gasteiger partial charge in [-0.05, 0) is 6.26 Å². The number of rotatable bonds is 88. The number of likely N-dealkylation sites (tertiary alicyclic amines) is 1. The van der Waals surface area contributed by atoms with Gasteiger partial charge < -0.3 is 139 Å². The van der Waals surface area contributed by atoms with Gasteiger partial charge >= 0.3 is 5.97 Å². The number of thioether (sulfide) groups is 1. The number of aliphatic carboxylic acids is 1. The number of nitrogens with one attached hydrogen (secondary N) is 3. The first-order valence-corrected chi connectivity index (χ1v) is 37.4. The molecule has 5 amide bonds. The third-order valence-corrected chi connectivity index (χ3v) is 14.3. The SMILES string of the molecule is CSC1CC(=O)N(CCC(=O)NCCOCCOCCOCCOCCOCCOCCOCCOCCOCCOCCOCCOCCC(=O)NCCOCCC(=O)NCCOCCOCCOCCOCCOCCOCCOCCOCCOCCOCCOCCOCCC(=O)O)C1=O. The number of hydrogen-bond donors (Lipinski definition) is 4. The smallest absolute Gasteiger partial charge is 0.305 e. The van der Waals surface area contributed by atoms with Gasteiger partial charge in [-0.25, -0.2) is 0 Å². The lowest BCUT2D eigenvalue weighted by molar-refractivity contribution is -0.139. The Morgan fingerprint density at radius 1 is 0.288 bits per heavy atom. The second kappa shape index (κ2) is 81.9. The van der Waals surface area contributed by atoms with Gasteiger partial charge in [0.1, 0.15) is 0 Å². The minimum atomic E-state index is -0.886. The first kappa shape index (κ1) is 98.4. The van der Waals surface area contributed by atoms with Gasteiger partial charge in [-0.2, -0.15) is 11.8 Å². The fraction of sp³-hybridized carbons (Fsp3) is 0.910. The fourth-order valence-electron chi connectivity index (χ4n) is 7.97. The van der Waals surface area contributed by atoms with Crippen LogP contribution in [0.15, 0.2) is 0 Å². The van der Waals surface area contributed by atoms with E-state index in [1.54, 1.807) is 6.26 Å². The van der Waals surface area contributed by atoms with Crippen molar-refractivity contribution < 1.29 is 152 Å². The molecule has 1 fully saturated rings. The summed E-state index contributed by atoms with van der Waals surface area (Å²) in [7, 11) is 0. The molecule has 1 rings (SSSR count). The van der Waals surface area contributed by atoms with E-state index in [9.17, 15) is 28.8 Å². The highest BCUT2D eigenvalue weighted by atomic mass is 32.2. The van der Waals surface area contributed by atoms with Crippen LogP contribution in [0.2, 0.25) is 0 Å². The second-order valence-corrected chi connectivity index (χ2v) is 22.6. The van der Waals surface area contributed by atoms with Crippen molar-refractivity contribution in [2.75, 3.05) is 363 Å². The van der Waals surface area contributed by atoms with Crippen LogP contribution >= 0.6 is 11.8 Å². The zero-order valence-electron chi connectivity index (χ0n) is 61.8. The minimum absolute atomic E-state index is 0.0168. The van der Waals surface area contributed by atoms with E-state index in [0.717, 1.165) is 4.90 Å². The van der Waals surface area contributed by atoms with Gasteiger partial charge in [0.05, 0.1) is 342 Å². The van der Waals surface area contributed by atoms with Crippen molar-refractivity contribution in [1.29, 1.82) is 0 Å². The van der Waals surface area contributed by atoms with E-state index in [2.05, 4.69) is 16.0 Å². The number of carboxylic acid groups (broad SMARTS) is 1. The molecule has 0 aliphatic carbocycles. The number of carboxylic acids is 1. The van der Waals surface area contributed by atoms with E-state index in [-0.39, 0.29) is 99.9 Å². The Labute approximate surface area is 618 Å². The van der Waals surface area contributed by atoms with Gasteiger partial charge in [0.15, 0.2) is 0 Å². The standard InChI is InChI=1S/C67H126N4O32S/c1-104-61-60-65(75)71(67(61)78)9-2-62(72)68-7-14-82-18-22-86-26-30-90-34-38-94-42-46-98-50-54-102-58-56-100-52-48-96-44-40-92-36-32-88-28-24-84-20-16-80-11-4-64(74)69-6-13-79-10-3-63(73)70-8-15-83-19-23-87-27-31-91-35-39-95-43-47-99-51-55-103-59-57-101-53-49-97-45-41-93-37-33-89-29-25-85-21-17-81-12-5-66(76)77/h61H,2-60H2,1H3,(H,68,72)(H,69,74)(H,70,73)(H,76,77). The molecule has 1 atom stereocenters.